The predicted octanol–water partition coefficient (Wildman–Crippen LogP) is 4.61. The minimum absolute atomic E-state index is 0.220. The van der Waals surface area contributed by atoms with E-state index in [0.29, 0.717) is 5.75 Å². The number of carbonyl (C=O) groups excluding carboxylic acids is 2. The molecule has 3 rings (SSSR count). The molecule has 0 aliphatic carbocycles. The molecule has 159 valence electrons. The van der Waals surface area contributed by atoms with E-state index in [1.54, 1.807) is 11.8 Å². The fourth-order valence-corrected chi connectivity index (χ4v) is 5.18. The van der Waals surface area contributed by atoms with Crippen molar-refractivity contribution in [3.63, 3.8) is 0 Å². The summed E-state index contributed by atoms with van der Waals surface area (Å²) in [4.78, 5) is 29.2. The van der Waals surface area contributed by atoms with Gasteiger partial charge in [-0.3, -0.25) is 0 Å². The molecule has 0 heterocycles. The summed E-state index contributed by atoms with van der Waals surface area (Å²) in [6, 6.07) is 30.8. The number of hydrogen-bond acceptors (Lipinski definition) is 4. The molecule has 0 N–H and O–H groups in total. The normalized spacial score (nSPS) is 10.8. The van der Waals surface area contributed by atoms with Crippen LogP contribution in [0.15, 0.2) is 109 Å². The molecule has 0 fully saturated rings. The van der Waals surface area contributed by atoms with E-state index in [-0.39, 0.29) is 13.1 Å². The van der Waals surface area contributed by atoms with Crippen LogP contribution in [-0.2, 0) is 14.3 Å². The van der Waals surface area contributed by atoms with E-state index in [4.69, 9.17) is 7.64 Å². The third-order valence-electron chi connectivity index (χ3n) is 5.14. The minimum atomic E-state index is -0.520. The molecule has 0 bridgehead atoms. The Morgan fingerprint density at radius 3 is 1.69 bits per heavy atom. The zero-order valence-electron chi connectivity index (χ0n) is 17.8. The molecule has 0 spiro atoms. The maximum atomic E-state index is 12.4. The van der Waals surface area contributed by atoms with Crippen molar-refractivity contribution < 1.29 is 9.59 Å². The Hall–Kier alpha value is -3.25. The Bertz CT molecular complexity index is 962. The van der Waals surface area contributed by atoms with Crippen LogP contribution in [-0.4, -0.2) is 43.2 Å². The number of hydrogen-bond donors (Lipinski definition) is 0. The number of amides is 2. The molecule has 4 nitrogen and oxygen atoms in total. The van der Waals surface area contributed by atoms with Crippen LogP contribution in [0.4, 0.5) is 0 Å². The summed E-state index contributed by atoms with van der Waals surface area (Å²) in [6.45, 7) is 3.49. The van der Waals surface area contributed by atoms with Crippen LogP contribution < -0.4 is 0 Å². The monoisotopic (exact) mass is 439 g/mol. The second-order valence-corrected chi connectivity index (χ2v) is 8.37. The van der Waals surface area contributed by atoms with Crippen LogP contribution in [0, 0.1) is 0 Å². The first-order chi connectivity index (χ1) is 15.6. The van der Waals surface area contributed by atoms with Crippen molar-refractivity contribution >= 4 is 31.2 Å². The molecule has 32 heavy (non-hydrogen) atoms. The van der Waals surface area contributed by atoms with Crippen molar-refractivity contribution in [2.45, 2.75) is 4.75 Å². The summed E-state index contributed by atoms with van der Waals surface area (Å²) in [5.41, 5.74) is 3.35. The fourth-order valence-electron chi connectivity index (χ4n) is 3.69. The molecule has 0 unspecified atom stereocenters. The summed E-state index contributed by atoms with van der Waals surface area (Å²) in [5.74, 6) is -0.388. The molecule has 3 aromatic carbocycles. The van der Waals surface area contributed by atoms with Crippen molar-refractivity contribution in [2.24, 2.45) is 4.90 Å². The average molecular weight is 439 g/mol. The molecular formula is C26H24BN2O2S. The van der Waals surface area contributed by atoms with Gasteiger partial charge in [0.25, 0.3) is 0 Å². The van der Waals surface area contributed by atoms with Crippen molar-refractivity contribution in [2.75, 3.05) is 18.8 Å². The second kappa shape index (κ2) is 11.4. The first-order valence-electron chi connectivity index (χ1n) is 10.3. The number of nitrogens with zero attached hydrogens (tertiary/aromatic N) is 2. The Balaban J connectivity index is 2.03. The summed E-state index contributed by atoms with van der Waals surface area (Å²) in [5, 5.41) is 0. The SMILES string of the molecule is [B]=NCC(=O)N(CCSC(c1ccccc1)(c1ccccc1)c1ccccc1)C(=O)C=C. The summed E-state index contributed by atoms with van der Waals surface area (Å²) in [7, 11) is 5.17. The number of thioether (sulfide) groups is 1. The molecule has 6 heteroatoms. The quantitative estimate of drug-likeness (QED) is 0.264. The fraction of sp³-hybridized carbons (Fsp3) is 0.154. The van der Waals surface area contributed by atoms with Crippen molar-refractivity contribution in [3.8, 4) is 0 Å². The molecule has 0 atom stereocenters. The van der Waals surface area contributed by atoms with Gasteiger partial charge in [-0.15, -0.1) is 0 Å². The number of carbonyl (C=O) groups is 2. The van der Waals surface area contributed by atoms with Crippen molar-refractivity contribution in [3.05, 3.63) is 120 Å². The Morgan fingerprint density at radius 1 is 0.875 bits per heavy atom. The summed E-state index contributed by atoms with van der Waals surface area (Å²) in [6.07, 6.45) is 1.14. The third kappa shape index (κ3) is 5.14. The Labute approximate surface area is 194 Å². The van der Waals surface area contributed by atoms with Gasteiger partial charge in [-0.2, -0.15) is 0 Å². The Kier molecular flexibility index (Phi) is 8.34. The van der Waals surface area contributed by atoms with Gasteiger partial charge in [0.15, 0.2) is 0 Å². The molecule has 0 aliphatic rings. The van der Waals surface area contributed by atoms with Crippen LogP contribution in [0.3, 0.4) is 0 Å². The van der Waals surface area contributed by atoms with Gasteiger partial charge in [0.1, 0.15) is 0 Å². The number of imide groups is 1. The van der Waals surface area contributed by atoms with E-state index < -0.39 is 16.6 Å². The van der Waals surface area contributed by atoms with E-state index in [2.05, 4.69) is 47.9 Å². The first kappa shape index (κ1) is 23.4. The van der Waals surface area contributed by atoms with Gasteiger partial charge in [-0.05, 0) is 0 Å². The molecule has 2 amide bonds. The first-order valence-corrected chi connectivity index (χ1v) is 11.3. The molecule has 0 aromatic heterocycles. The van der Waals surface area contributed by atoms with Crippen molar-refractivity contribution in [1.29, 1.82) is 0 Å². The zero-order chi connectivity index (χ0) is 22.8. The van der Waals surface area contributed by atoms with E-state index >= 15 is 0 Å². The number of rotatable bonds is 10. The topological polar surface area (TPSA) is 49.7 Å². The van der Waals surface area contributed by atoms with Gasteiger partial charge in [0, 0.05) is 0 Å². The van der Waals surface area contributed by atoms with Gasteiger partial charge in [0.2, 0.25) is 0 Å². The van der Waals surface area contributed by atoms with E-state index in [1.807, 2.05) is 54.6 Å². The van der Waals surface area contributed by atoms with Crippen LogP contribution in [0.1, 0.15) is 16.7 Å². The number of benzene rings is 3. The maximum absolute atomic E-state index is 12.4. The molecular weight excluding hydrogens is 415 g/mol. The Morgan fingerprint density at radius 2 is 1.31 bits per heavy atom. The molecule has 3 aromatic rings. The molecule has 0 saturated carbocycles. The van der Waals surface area contributed by atoms with Crippen LogP contribution >= 0.6 is 11.8 Å². The molecule has 0 aliphatic heterocycles. The van der Waals surface area contributed by atoms with E-state index in [1.165, 1.54) is 0 Å². The average Bonchev–Trinajstić information content (AvgIpc) is 2.85. The standard InChI is InChI=1S/C26H24BN2O2S/c1-2-24(30)29(25(31)20-28-27)18-19-32-26(21-12-6-3-7-13-21,22-14-8-4-9-15-22)23-16-10-5-11-17-23/h2-17H,1,18-20H2. The molecule has 0 saturated heterocycles. The van der Waals surface area contributed by atoms with Crippen LogP contribution in [0.25, 0.3) is 0 Å². The second-order valence-electron chi connectivity index (χ2n) is 7.06. The third-order valence-corrected chi connectivity index (χ3v) is 6.67. The van der Waals surface area contributed by atoms with E-state index in [0.717, 1.165) is 27.7 Å². The zero-order valence-corrected chi connectivity index (χ0v) is 18.6. The van der Waals surface area contributed by atoms with Crippen LogP contribution in [0.2, 0.25) is 0 Å². The van der Waals surface area contributed by atoms with Gasteiger partial charge >= 0.3 is 195 Å². The van der Waals surface area contributed by atoms with Gasteiger partial charge in [0.05, 0.1) is 0 Å². The predicted molar refractivity (Wildman–Crippen MR) is 132 cm³/mol. The van der Waals surface area contributed by atoms with Crippen molar-refractivity contribution in [1.82, 2.24) is 4.90 Å². The van der Waals surface area contributed by atoms with E-state index in [9.17, 15) is 9.59 Å². The van der Waals surface area contributed by atoms with Gasteiger partial charge in [-0.1, -0.05) is 0 Å². The molecule has 1 radical (unpaired) electrons. The van der Waals surface area contributed by atoms with Gasteiger partial charge in [-0.25, -0.2) is 0 Å². The van der Waals surface area contributed by atoms with Crippen LogP contribution in [0.5, 0.6) is 0 Å². The summed E-state index contributed by atoms with van der Waals surface area (Å²) >= 11 is 1.68. The summed E-state index contributed by atoms with van der Waals surface area (Å²) < 4.78 is -0.520. The van der Waals surface area contributed by atoms with Gasteiger partial charge < -0.3 is 0 Å².